The van der Waals surface area contributed by atoms with Gasteiger partial charge >= 0.3 is 6.18 Å². The first-order valence-electron chi connectivity index (χ1n) is 11.6. The summed E-state index contributed by atoms with van der Waals surface area (Å²) in [6.45, 7) is 5.44. The van der Waals surface area contributed by atoms with Crippen molar-refractivity contribution in [3.63, 3.8) is 0 Å². The average molecular weight is 507 g/mol. The summed E-state index contributed by atoms with van der Waals surface area (Å²) >= 11 is 0. The van der Waals surface area contributed by atoms with Crippen LogP contribution in [-0.4, -0.2) is 49.6 Å². The van der Waals surface area contributed by atoms with Crippen molar-refractivity contribution in [1.29, 1.82) is 0 Å². The predicted molar refractivity (Wildman–Crippen MR) is 129 cm³/mol. The van der Waals surface area contributed by atoms with Crippen LogP contribution in [0, 0.1) is 6.92 Å². The zero-order valence-corrected chi connectivity index (χ0v) is 20.3. The molecule has 3 N–H and O–H groups in total. The number of benzene rings is 2. The van der Waals surface area contributed by atoms with E-state index in [0.717, 1.165) is 18.6 Å². The predicted octanol–water partition coefficient (Wildman–Crippen LogP) is 4.91. The van der Waals surface area contributed by atoms with Gasteiger partial charge in [0.2, 0.25) is 0 Å². The lowest BCUT2D eigenvalue weighted by Gasteiger charge is -2.20. The van der Waals surface area contributed by atoms with Crippen molar-refractivity contribution in [1.82, 2.24) is 9.97 Å². The molecule has 0 unspecified atom stereocenters. The fourth-order valence-electron chi connectivity index (χ4n) is 4.02. The number of nitrogens with one attached hydrogen (secondary N) is 1. The van der Waals surface area contributed by atoms with Crippen LogP contribution in [0.1, 0.15) is 36.3 Å². The molecule has 0 saturated carbocycles. The molecule has 1 saturated heterocycles. The minimum atomic E-state index is -4.50. The van der Waals surface area contributed by atoms with Crippen LogP contribution in [0.4, 0.5) is 24.7 Å². The molecule has 3 aromatic rings. The minimum Gasteiger partial charge on any atom is -0.493 e. The summed E-state index contributed by atoms with van der Waals surface area (Å²) in [5.74, 6) is 1.91. The van der Waals surface area contributed by atoms with Crippen LogP contribution in [0.25, 0.3) is 10.9 Å². The number of aromatic nitrogens is 2. The Labute approximate surface area is 206 Å². The fraction of sp³-hybridized carbons (Fsp3) is 0.440. The molecule has 194 valence electrons. The summed E-state index contributed by atoms with van der Waals surface area (Å²) in [4.78, 5) is 8.98. The summed E-state index contributed by atoms with van der Waals surface area (Å²) in [6, 6.07) is 6.47. The summed E-state index contributed by atoms with van der Waals surface area (Å²) in [5.41, 5.74) is 5.96. The van der Waals surface area contributed by atoms with Crippen LogP contribution in [-0.2, 0) is 15.7 Å². The minimum absolute atomic E-state index is 0.0315. The molecule has 11 heteroatoms. The van der Waals surface area contributed by atoms with Gasteiger partial charge in [0.15, 0.2) is 11.5 Å². The lowest BCUT2D eigenvalue weighted by atomic mass is 10.0. The number of alkyl halides is 3. The molecule has 0 spiro atoms. The van der Waals surface area contributed by atoms with Crippen LogP contribution < -0.4 is 20.5 Å². The Morgan fingerprint density at radius 3 is 2.64 bits per heavy atom. The van der Waals surface area contributed by atoms with Crippen molar-refractivity contribution >= 4 is 22.4 Å². The monoisotopic (exact) mass is 506 g/mol. The molecule has 0 bridgehead atoms. The Morgan fingerprint density at radius 2 is 1.94 bits per heavy atom. The molecule has 1 aliphatic heterocycles. The largest absolute Gasteiger partial charge is 0.493 e. The van der Waals surface area contributed by atoms with Gasteiger partial charge in [-0.25, -0.2) is 9.97 Å². The third kappa shape index (κ3) is 6.08. The molecule has 2 atom stereocenters. The smallest absolute Gasteiger partial charge is 0.416 e. The normalized spacial score (nSPS) is 16.8. The van der Waals surface area contributed by atoms with Gasteiger partial charge in [0.25, 0.3) is 0 Å². The lowest BCUT2D eigenvalue weighted by Crippen LogP contribution is -2.17. The molecule has 0 amide bonds. The van der Waals surface area contributed by atoms with E-state index in [0.29, 0.717) is 66.0 Å². The molecule has 1 aromatic heterocycles. The maximum absolute atomic E-state index is 13.3. The van der Waals surface area contributed by atoms with Gasteiger partial charge in [-0.1, -0.05) is 0 Å². The van der Waals surface area contributed by atoms with E-state index in [4.69, 9.17) is 24.7 Å². The summed E-state index contributed by atoms with van der Waals surface area (Å²) < 4.78 is 62.3. The Balaban J connectivity index is 1.59. The zero-order valence-electron chi connectivity index (χ0n) is 20.3. The van der Waals surface area contributed by atoms with Crippen molar-refractivity contribution in [2.45, 2.75) is 38.6 Å². The number of fused-ring (bicyclic) bond motifs is 1. The van der Waals surface area contributed by atoms with Gasteiger partial charge in [-0.3, -0.25) is 0 Å². The molecule has 4 rings (SSSR count). The summed E-state index contributed by atoms with van der Waals surface area (Å²) in [5, 5.41) is 3.84. The molecular weight excluding hydrogens is 477 g/mol. The van der Waals surface area contributed by atoms with Crippen LogP contribution in [0.5, 0.6) is 11.5 Å². The van der Waals surface area contributed by atoms with Crippen molar-refractivity contribution < 1.29 is 32.1 Å². The number of nitrogen functional groups attached to an aromatic ring is 1. The number of halogens is 3. The Bertz CT molecular complexity index is 1220. The maximum atomic E-state index is 13.3. The van der Waals surface area contributed by atoms with E-state index in [1.54, 1.807) is 26.0 Å². The van der Waals surface area contributed by atoms with E-state index >= 15 is 0 Å². The lowest BCUT2D eigenvalue weighted by molar-refractivity contribution is -0.137. The number of anilines is 2. The molecule has 2 aromatic carbocycles. The maximum Gasteiger partial charge on any atom is 0.416 e. The molecule has 0 radical (unpaired) electrons. The summed E-state index contributed by atoms with van der Waals surface area (Å²) in [6.07, 6.45) is -3.56. The number of hydrogen-bond donors (Lipinski definition) is 2. The van der Waals surface area contributed by atoms with Crippen LogP contribution in [0.15, 0.2) is 30.3 Å². The van der Waals surface area contributed by atoms with Crippen molar-refractivity contribution in [3.05, 3.63) is 47.3 Å². The number of rotatable bonds is 9. The highest BCUT2D eigenvalue weighted by Gasteiger charge is 2.31. The van der Waals surface area contributed by atoms with Crippen LogP contribution in [0.2, 0.25) is 0 Å². The molecule has 1 aliphatic rings. The number of hydrogen-bond acceptors (Lipinski definition) is 8. The molecule has 36 heavy (non-hydrogen) atoms. The second-order valence-corrected chi connectivity index (χ2v) is 8.60. The third-order valence-electron chi connectivity index (χ3n) is 5.83. The van der Waals surface area contributed by atoms with Crippen molar-refractivity contribution in [2.75, 3.05) is 44.6 Å². The molecule has 8 nitrogen and oxygen atoms in total. The number of ether oxygens (including phenoxy) is 4. The van der Waals surface area contributed by atoms with Crippen LogP contribution >= 0.6 is 0 Å². The number of aryl methyl sites for hydroxylation is 1. The molecule has 2 heterocycles. The van der Waals surface area contributed by atoms with Gasteiger partial charge in [-0.2, -0.15) is 13.2 Å². The molecule has 0 aliphatic carbocycles. The highest BCUT2D eigenvalue weighted by atomic mass is 19.4. The average Bonchev–Trinajstić information content (AvgIpc) is 3.34. The standard InChI is InChI=1S/C25H29F3N4O4/c1-14(16-8-17(25(26,27)28)10-18(29)9-16)30-24-20-11-23(36-7-6-35-19-4-5-34-13-19)22(33-3)12-21(20)31-15(2)32-24/h8-12,14,19H,4-7,13,29H2,1-3H3,(H,30,31,32)/t14-,19+/m1/s1. The Kier molecular flexibility index (Phi) is 7.70. The van der Waals surface area contributed by atoms with Crippen molar-refractivity contribution in [3.8, 4) is 11.5 Å². The fourth-order valence-corrected chi connectivity index (χ4v) is 4.02. The quantitative estimate of drug-likeness (QED) is 0.312. The highest BCUT2D eigenvalue weighted by Crippen LogP contribution is 2.37. The van der Waals surface area contributed by atoms with Gasteiger partial charge in [0, 0.05) is 23.7 Å². The van der Waals surface area contributed by atoms with Crippen LogP contribution in [0.3, 0.4) is 0 Å². The SMILES string of the molecule is COc1cc2nc(C)nc(N[C@H](C)c3cc(N)cc(C(F)(F)F)c3)c2cc1OCCO[C@H]1CCOC1. The number of nitrogens with two attached hydrogens (primary N) is 1. The van der Waals surface area contributed by atoms with E-state index in [-0.39, 0.29) is 11.8 Å². The van der Waals surface area contributed by atoms with Gasteiger partial charge in [-0.05, 0) is 50.1 Å². The topological polar surface area (TPSA) is 101 Å². The number of nitrogens with zero attached hydrogens (tertiary/aromatic N) is 2. The van der Waals surface area contributed by atoms with Crippen molar-refractivity contribution in [2.24, 2.45) is 0 Å². The van der Waals surface area contributed by atoms with Gasteiger partial charge in [-0.15, -0.1) is 0 Å². The first kappa shape index (κ1) is 25.8. The van der Waals surface area contributed by atoms with Gasteiger partial charge in [0.1, 0.15) is 18.2 Å². The number of methoxy groups -OCH3 is 1. The molecular formula is C25H29F3N4O4. The second kappa shape index (κ2) is 10.8. The second-order valence-electron chi connectivity index (χ2n) is 8.60. The van der Waals surface area contributed by atoms with Gasteiger partial charge in [0.05, 0.1) is 43.5 Å². The first-order chi connectivity index (χ1) is 17.1. The Morgan fingerprint density at radius 1 is 1.14 bits per heavy atom. The zero-order chi connectivity index (χ0) is 25.9. The van der Waals surface area contributed by atoms with Gasteiger partial charge < -0.3 is 30.0 Å². The Hall–Kier alpha value is -3.31. The highest BCUT2D eigenvalue weighted by molar-refractivity contribution is 5.92. The summed E-state index contributed by atoms with van der Waals surface area (Å²) in [7, 11) is 1.54. The van der Waals surface area contributed by atoms with E-state index in [9.17, 15) is 13.2 Å². The van der Waals surface area contributed by atoms with E-state index in [1.165, 1.54) is 13.2 Å². The third-order valence-corrected chi connectivity index (χ3v) is 5.83. The van der Waals surface area contributed by atoms with E-state index < -0.39 is 17.8 Å². The van der Waals surface area contributed by atoms with E-state index in [2.05, 4.69) is 15.3 Å². The first-order valence-corrected chi connectivity index (χ1v) is 11.6. The van der Waals surface area contributed by atoms with E-state index in [1.807, 2.05) is 0 Å². The molecule has 1 fully saturated rings.